The van der Waals surface area contributed by atoms with E-state index in [0.29, 0.717) is 4.99 Å². The molecule has 0 bridgehead atoms. The summed E-state index contributed by atoms with van der Waals surface area (Å²) in [7, 11) is 1.85. The van der Waals surface area contributed by atoms with Crippen molar-refractivity contribution in [3.05, 3.63) is 29.3 Å². The predicted octanol–water partition coefficient (Wildman–Crippen LogP) is 1.59. The number of benzene rings is 1. The van der Waals surface area contributed by atoms with E-state index >= 15 is 0 Å². The molecule has 4 nitrogen and oxygen atoms in total. The number of anilines is 1. The largest absolute Gasteiger partial charge is 0.389 e. The minimum Gasteiger partial charge on any atom is -0.389 e. The third-order valence-corrected chi connectivity index (χ3v) is 2.88. The monoisotopic (exact) mass is 279 g/mol. The van der Waals surface area contributed by atoms with Gasteiger partial charge < -0.3 is 16.0 Å². The Kier molecular flexibility index (Phi) is 5.30. The Hall–Kier alpha value is -1.62. The van der Waals surface area contributed by atoms with E-state index in [2.05, 4.69) is 5.32 Å². The van der Waals surface area contributed by atoms with Gasteiger partial charge in [0.2, 0.25) is 5.91 Å². The first kappa shape index (κ1) is 15.4. The SMILES string of the molecule is Cc1ccc(N(C)CC(=O)NC(C)C)c(C(N)=S)c1. The van der Waals surface area contributed by atoms with Gasteiger partial charge in [0.25, 0.3) is 0 Å². The summed E-state index contributed by atoms with van der Waals surface area (Å²) in [5, 5.41) is 2.86. The fourth-order valence-corrected chi connectivity index (χ4v) is 2.01. The van der Waals surface area contributed by atoms with Crippen molar-refractivity contribution in [2.75, 3.05) is 18.5 Å². The lowest BCUT2D eigenvalue weighted by atomic mass is 10.1. The van der Waals surface area contributed by atoms with Gasteiger partial charge in [-0.2, -0.15) is 0 Å². The molecule has 5 heteroatoms. The normalized spacial score (nSPS) is 10.4. The van der Waals surface area contributed by atoms with Crippen LogP contribution in [0.2, 0.25) is 0 Å². The van der Waals surface area contributed by atoms with Crippen LogP contribution in [0.4, 0.5) is 5.69 Å². The number of rotatable bonds is 5. The van der Waals surface area contributed by atoms with Crippen LogP contribution in [0.15, 0.2) is 18.2 Å². The highest BCUT2D eigenvalue weighted by molar-refractivity contribution is 7.80. The molecule has 0 aromatic heterocycles. The molecule has 1 aromatic rings. The lowest BCUT2D eigenvalue weighted by molar-refractivity contribution is -0.120. The maximum absolute atomic E-state index is 11.8. The van der Waals surface area contributed by atoms with E-state index in [0.717, 1.165) is 16.8 Å². The molecular formula is C14H21N3OS. The molecule has 3 N–H and O–H groups in total. The minimum atomic E-state index is -0.0213. The molecule has 0 fully saturated rings. The van der Waals surface area contributed by atoms with Gasteiger partial charge in [-0.05, 0) is 32.9 Å². The summed E-state index contributed by atoms with van der Waals surface area (Å²) in [4.78, 5) is 14.0. The topological polar surface area (TPSA) is 58.4 Å². The van der Waals surface area contributed by atoms with Gasteiger partial charge in [-0.1, -0.05) is 23.8 Å². The molecular weight excluding hydrogens is 258 g/mol. The van der Waals surface area contributed by atoms with Gasteiger partial charge in [-0.15, -0.1) is 0 Å². The summed E-state index contributed by atoms with van der Waals surface area (Å²) in [6.07, 6.45) is 0. The summed E-state index contributed by atoms with van der Waals surface area (Å²) in [6, 6.07) is 5.99. The lowest BCUT2D eigenvalue weighted by Crippen LogP contribution is -2.39. The summed E-state index contributed by atoms with van der Waals surface area (Å²) in [5.41, 5.74) is 8.50. The Morgan fingerprint density at radius 1 is 1.47 bits per heavy atom. The van der Waals surface area contributed by atoms with Crippen molar-refractivity contribution in [2.45, 2.75) is 26.8 Å². The molecule has 0 spiro atoms. The van der Waals surface area contributed by atoms with Gasteiger partial charge in [0, 0.05) is 24.3 Å². The highest BCUT2D eigenvalue weighted by Gasteiger charge is 2.13. The van der Waals surface area contributed by atoms with Crippen molar-refractivity contribution in [3.8, 4) is 0 Å². The zero-order chi connectivity index (χ0) is 14.6. The smallest absolute Gasteiger partial charge is 0.239 e. The molecule has 0 radical (unpaired) electrons. The number of amides is 1. The summed E-state index contributed by atoms with van der Waals surface area (Å²) in [5.74, 6) is -0.0213. The van der Waals surface area contributed by atoms with E-state index in [-0.39, 0.29) is 18.5 Å². The molecule has 1 amide bonds. The van der Waals surface area contributed by atoms with Gasteiger partial charge in [0.05, 0.1) is 6.54 Å². The number of aryl methyl sites for hydroxylation is 1. The van der Waals surface area contributed by atoms with E-state index in [4.69, 9.17) is 18.0 Å². The van der Waals surface area contributed by atoms with Crippen molar-refractivity contribution < 1.29 is 4.79 Å². The number of nitrogens with one attached hydrogen (secondary N) is 1. The van der Waals surface area contributed by atoms with Crippen LogP contribution in [-0.2, 0) is 4.79 Å². The first-order valence-corrected chi connectivity index (χ1v) is 6.63. The van der Waals surface area contributed by atoms with Crippen molar-refractivity contribution in [1.29, 1.82) is 0 Å². The zero-order valence-corrected chi connectivity index (χ0v) is 12.7. The molecule has 0 aliphatic rings. The Balaban J connectivity index is 2.90. The van der Waals surface area contributed by atoms with Crippen LogP contribution < -0.4 is 16.0 Å². The van der Waals surface area contributed by atoms with Crippen molar-refractivity contribution in [3.63, 3.8) is 0 Å². The third-order valence-electron chi connectivity index (χ3n) is 2.66. The third kappa shape index (κ3) is 4.52. The average Bonchev–Trinajstić information content (AvgIpc) is 2.27. The maximum atomic E-state index is 11.8. The van der Waals surface area contributed by atoms with Crippen molar-refractivity contribution >= 4 is 28.8 Å². The second kappa shape index (κ2) is 6.52. The molecule has 0 atom stereocenters. The highest BCUT2D eigenvalue weighted by Crippen LogP contribution is 2.20. The first-order valence-electron chi connectivity index (χ1n) is 6.22. The van der Waals surface area contributed by atoms with Crippen LogP contribution in [0, 0.1) is 6.92 Å². The molecule has 0 saturated heterocycles. The number of carbonyl (C=O) groups excluding carboxylic acids is 1. The lowest BCUT2D eigenvalue weighted by Gasteiger charge is -2.22. The van der Waals surface area contributed by atoms with Crippen LogP contribution in [0.5, 0.6) is 0 Å². The van der Waals surface area contributed by atoms with Gasteiger partial charge in [-0.25, -0.2) is 0 Å². The zero-order valence-electron chi connectivity index (χ0n) is 11.9. The van der Waals surface area contributed by atoms with Crippen LogP contribution in [0.3, 0.4) is 0 Å². The molecule has 0 aliphatic carbocycles. The molecule has 1 rings (SSSR count). The van der Waals surface area contributed by atoms with E-state index < -0.39 is 0 Å². The number of nitrogens with two attached hydrogens (primary N) is 1. The molecule has 104 valence electrons. The highest BCUT2D eigenvalue weighted by atomic mass is 32.1. The van der Waals surface area contributed by atoms with E-state index in [1.165, 1.54) is 0 Å². The van der Waals surface area contributed by atoms with E-state index in [1.807, 2.05) is 50.9 Å². The maximum Gasteiger partial charge on any atom is 0.239 e. The average molecular weight is 279 g/mol. The molecule has 0 heterocycles. The molecule has 0 saturated carbocycles. The number of nitrogens with zero attached hydrogens (tertiary/aromatic N) is 1. The van der Waals surface area contributed by atoms with Crippen LogP contribution in [-0.4, -0.2) is 30.5 Å². The second-order valence-electron chi connectivity index (χ2n) is 4.96. The van der Waals surface area contributed by atoms with Crippen LogP contribution in [0.1, 0.15) is 25.0 Å². The Morgan fingerprint density at radius 2 is 2.11 bits per heavy atom. The van der Waals surface area contributed by atoms with Crippen molar-refractivity contribution in [2.24, 2.45) is 5.73 Å². The van der Waals surface area contributed by atoms with E-state index in [1.54, 1.807) is 0 Å². The van der Waals surface area contributed by atoms with E-state index in [9.17, 15) is 4.79 Å². The van der Waals surface area contributed by atoms with Crippen LogP contribution in [0.25, 0.3) is 0 Å². The standard InChI is InChI=1S/C14H21N3OS/c1-9(2)16-13(18)8-17(4)12-6-5-10(3)7-11(12)14(15)19/h5-7,9H,8H2,1-4H3,(H2,15,19)(H,16,18). The summed E-state index contributed by atoms with van der Waals surface area (Å²) in [6.45, 7) is 6.13. The van der Waals surface area contributed by atoms with Gasteiger partial charge in [0.1, 0.15) is 4.99 Å². The number of thiocarbonyl (C=S) groups is 1. The summed E-state index contributed by atoms with van der Waals surface area (Å²) >= 11 is 5.06. The Labute approximate surface area is 120 Å². The minimum absolute atomic E-state index is 0.0213. The second-order valence-corrected chi connectivity index (χ2v) is 5.40. The summed E-state index contributed by atoms with van der Waals surface area (Å²) < 4.78 is 0. The number of hydrogen-bond donors (Lipinski definition) is 2. The number of carbonyl (C=O) groups is 1. The van der Waals surface area contributed by atoms with Gasteiger partial charge in [0.15, 0.2) is 0 Å². The van der Waals surface area contributed by atoms with Crippen molar-refractivity contribution in [1.82, 2.24) is 5.32 Å². The number of hydrogen-bond acceptors (Lipinski definition) is 3. The van der Waals surface area contributed by atoms with Gasteiger partial charge >= 0.3 is 0 Å². The predicted molar refractivity (Wildman–Crippen MR) is 83.6 cm³/mol. The molecule has 0 unspecified atom stereocenters. The molecule has 19 heavy (non-hydrogen) atoms. The Morgan fingerprint density at radius 3 is 2.63 bits per heavy atom. The Bertz CT molecular complexity index is 486. The first-order chi connectivity index (χ1) is 8.81. The van der Waals surface area contributed by atoms with Crippen LogP contribution >= 0.6 is 12.2 Å². The number of likely N-dealkylation sites (N-methyl/N-ethyl adjacent to an activating group) is 1. The molecule has 1 aromatic carbocycles. The quantitative estimate of drug-likeness (QED) is 0.804. The fraction of sp³-hybridized carbons (Fsp3) is 0.429. The molecule has 0 aliphatic heterocycles. The fourth-order valence-electron chi connectivity index (χ4n) is 1.85. The van der Waals surface area contributed by atoms with Gasteiger partial charge in [-0.3, -0.25) is 4.79 Å².